The Labute approximate surface area is 114 Å². The zero-order chi connectivity index (χ0) is 12.1. The van der Waals surface area contributed by atoms with Crippen LogP contribution in [0.15, 0.2) is 18.2 Å². The standard InChI is InChI=1S/C12H19ClN2O.ClH/c1-9(7-14)15(2)8-10-6-11(16-3)4-5-12(10)13;/h4-6,9H,7-8,14H2,1-3H3;1H. The molecule has 98 valence electrons. The largest absolute Gasteiger partial charge is 0.497 e. The van der Waals surface area contributed by atoms with Crippen molar-refractivity contribution >= 4 is 24.0 Å². The van der Waals surface area contributed by atoms with E-state index in [0.29, 0.717) is 12.6 Å². The van der Waals surface area contributed by atoms with Gasteiger partial charge in [0.25, 0.3) is 0 Å². The highest BCUT2D eigenvalue weighted by molar-refractivity contribution is 6.31. The molecule has 0 aromatic heterocycles. The van der Waals surface area contributed by atoms with E-state index >= 15 is 0 Å². The van der Waals surface area contributed by atoms with Crippen LogP contribution in [0.1, 0.15) is 12.5 Å². The fourth-order valence-electron chi connectivity index (χ4n) is 1.40. The van der Waals surface area contributed by atoms with Crippen LogP contribution in [0.5, 0.6) is 5.75 Å². The topological polar surface area (TPSA) is 38.5 Å². The van der Waals surface area contributed by atoms with Crippen LogP contribution in [0, 0.1) is 0 Å². The van der Waals surface area contributed by atoms with Crippen LogP contribution in [-0.4, -0.2) is 31.6 Å². The van der Waals surface area contributed by atoms with Gasteiger partial charge in [-0.2, -0.15) is 0 Å². The van der Waals surface area contributed by atoms with E-state index in [-0.39, 0.29) is 12.4 Å². The van der Waals surface area contributed by atoms with E-state index in [0.717, 1.165) is 22.9 Å². The maximum atomic E-state index is 6.13. The predicted octanol–water partition coefficient (Wildman–Crippen LogP) is 2.55. The van der Waals surface area contributed by atoms with E-state index in [1.807, 2.05) is 25.2 Å². The SMILES string of the molecule is COc1ccc(Cl)c(CN(C)C(C)CN)c1.Cl. The van der Waals surface area contributed by atoms with Gasteiger partial charge in [0.1, 0.15) is 5.75 Å². The van der Waals surface area contributed by atoms with Gasteiger partial charge >= 0.3 is 0 Å². The Bertz CT molecular complexity index is 347. The lowest BCUT2D eigenvalue weighted by Crippen LogP contribution is -2.34. The molecule has 0 spiro atoms. The first-order chi connectivity index (χ1) is 7.58. The molecule has 5 heteroatoms. The molecule has 1 aromatic rings. The number of likely N-dealkylation sites (N-methyl/N-ethyl adjacent to an activating group) is 1. The molecule has 1 unspecified atom stereocenters. The van der Waals surface area contributed by atoms with Crippen LogP contribution in [0.3, 0.4) is 0 Å². The fourth-order valence-corrected chi connectivity index (χ4v) is 1.58. The minimum absolute atomic E-state index is 0. The van der Waals surface area contributed by atoms with Crippen molar-refractivity contribution < 1.29 is 4.74 Å². The molecule has 1 rings (SSSR count). The Morgan fingerprint density at radius 3 is 2.65 bits per heavy atom. The molecule has 2 N–H and O–H groups in total. The molecule has 1 aromatic carbocycles. The normalized spacial score (nSPS) is 12.1. The summed E-state index contributed by atoms with van der Waals surface area (Å²) in [6.07, 6.45) is 0. The molecular weight excluding hydrogens is 259 g/mol. The predicted molar refractivity (Wildman–Crippen MR) is 75.2 cm³/mol. The molecule has 0 saturated carbocycles. The summed E-state index contributed by atoms with van der Waals surface area (Å²) in [5.74, 6) is 0.827. The van der Waals surface area contributed by atoms with Crippen LogP contribution in [-0.2, 0) is 6.54 Å². The van der Waals surface area contributed by atoms with E-state index in [9.17, 15) is 0 Å². The number of ether oxygens (including phenoxy) is 1. The minimum Gasteiger partial charge on any atom is -0.497 e. The summed E-state index contributed by atoms with van der Waals surface area (Å²) in [5.41, 5.74) is 6.68. The fraction of sp³-hybridized carbons (Fsp3) is 0.500. The van der Waals surface area contributed by atoms with Gasteiger partial charge in [0.15, 0.2) is 0 Å². The molecule has 0 aliphatic heterocycles. The second-order valence-electron chi connectivity index (χ2n) is 3.96. The molecule has 0 saturated heterocycles. The van der Waals surface area contributed by atoms with Gasteiger partial charge in [-0.15, -0.1) is 12.4 Å². The van der Waals surface area contributed by atoms with Gasteiger partial charge in [-0.1, -0.05) is 11.6 Å². The summed E-state index contributed by atoms with van der Waals surface area (Å²) in [5, 5.41) is 0.761. The van der Waals surface area contributed by atoms with Crippen LogP contribution >= 0.6 is 24.0 Å². The lowest BCUT2D eigenvalue weighted by molar-refractivity contribution is 0.254. The number of benzene rings is 1. The highest BCUT2D eigenvalue weighted by atomic mass is 35.5. The third-order valence-corrected chi connectivity index (χ3v) is 3.13. The molecule has 3 nitrogen and oxygen atoms in total. The minimum atomic E-state index is 0. The first-order valence-electron chi connectivity index (χ1n) is 5.31. The molecule has 0 fully saturated rings. The number of methoxy groups -OCH3 is 1. The van der Waals surface area contributed by atoms with Crippen LogP contribution < -0.4 is 10.5 Å². The summed E-state index contributed by atoms with van der Waals surface area (Å²) in [4.78, 5) is 2.17. The summed E-state index contributed by atoms with van der Waals surface area (Å²) >= 11 is 6.13. The molecule has 0 heterocycles. The monoisotopic (exact) mass is 278 g/mol. The first kappa shape index (κ1) is 16.5. The number of rotatable bonds is 5. The molecule has 0 bridgehead atoms. The number of halogens is 2. The van der Waals surface area contributed by atoms with Crippen molar-refractivity contribution in [2.24, 2.45) is 5.73 Å². The number of hydrogen-bond donors (Lipinski definition) is 1. The third-order valence-electron chi connectivity index (χ3n) is 2.77. The Morgan fingerprint density at radius 2 is 2.12 bits per heavy atom. The maximum absolute atomic E-state index is 6.13. The number of hydrogen-bond acceptors (Lipinski definition) is 3. The van der Waals surface area contributed by atoms with Crippen molar-refractivity contribution in [2.75, 3.05) is 20.7 Å². The summed E-state index contributed by atoms with van der Waals surface area (Å²) in [6, 6.07) is 6.01. The highest BCUT2D eigenvalue weighted by Gasteiger charge is 2.10. The van der Waals surface area contributed by atoms with E-state index < -0.39 is 0 Å². The molecule has 0 aliphatic rings. The lowest BCUT2D eigenvalue weighted by atomic mass is 10.2. The molecular formula is C12H20Cl2N2O. The van der Waals surface area contributed by atoms with Gasteiger partial charge in [-0.25, -0.2) is 0 Å². The van der Waals surface area contributed by atoms with Gasteiger partial charge in [-0.05, 0) is 37.7 Å². The first-order valence-corrected chi connectivity index (χ1v) is 5.69. The summed E-state index contributed by atoms with van der Waals surface area (Å²) in [7, 11) is 3.69. The van der Waals surface area contributed by atoms with E-state index in [1.54, 1.807) is 7.11 Å². The second-order valence-corrected chi connectivity index (χ2v) is 4.36. The van der Waals surface area contributed by atoms with Crippen molar-refractivity contribution in [1.82, 2.24) is 4.90 Å². The molecule has 1 atom stereocenters. The van der Waals surface area contributed by atoms with E-state index in [4.69, 9.17) is 22.1 Å². The van der Waals surface area contributed by atoms with Gasteiger partial charge in [0, 0.05) is 24.2 Å². The van der Waals surface area contributed by atoms with Crippen molar-refractivity contribution in [1.29, 1.82) is 0 Å². The van der Waals surface area contributed by atoms with E-state index in [2.05, 4.69) is 11.8 Å². The zero-order valence-electron chi connectivity index (χ0n) is 10.4. The van der Waals surface area contributed by atoms with Gasteiger partial charge in [0.2, 0.25) is 0 Å². The second kappa shape index (κ2) is 7.77. The van der Waals surface area contributed by atoms with Gasteiger partial charge in [0.05, 0.1) is 7.11 Å². The van der Waals surface area contributed by atoms with Gasteiger partial charge < -0.3 is 10.5 Å². The van der Waals surface area contributed by atoms with Crippen LogP contribution in [0.4, 0.5) is 0 Å². The zero-order valence-corrected chi connectivity index (χ0v) is 12.0. The van der Waals surface area contributed by atoms with Crippen LogP contribution in [0.25, 0.3) is 0 Å². The molecule has 0 radical (unpaired) electrons. The smallest absolute Gasteiger partial charge is 0.119 e. The Kier molecular flexibility index (Phi) is 7.55. The van der Waals surface area contributed by atoms with E-state index in [1.165, 1.54) is 0 Å². The van der Waals surface area contributed by atoms with Crippen LogP contribution in [0.2, 0.25) is 5.02 Å². The molecule has 17 heavy (non-hydrogen) atoms. The van der Waals surface area contributed by atoms with Crippen molar-refractivity contribution in [2.45, 2.75) is 19.5 Å². The Morgan fingerprint density at radius 1 is 1.47 bits per heavy atom. The number of nitrogens with two attached hydrogens (primary N) is 1. The average Bonchev–Trinajstić information content (AvgIpc) is 2.30. The average molecular weight is 279 g/mol. The maximum Gasteiger partial charge on any atom is 0.119 e. The quantitative estimate of drug-likeness (QED) is 0.900. The Hall–Kier alpha value is -0.480. The third kappa shape index (κ3) is 4.72. The number of nitrogens with zero attached hydrogens (tertiary/aromatic N) is 1. The summed E-state index contributed by atoms with van der Waals surface area (Å²) in [6.45, 7) is 3.50. The van der Waals surface area contributed by atoms with Crippen molar-refractivity contribution in [3.05, 3.63) is 28.8 Å². The molecule has 0 amide bonds. The van der Waals surface area contributed by atoms with Crippen molar-refractivity contribution in [3.63, 3.8) is 0 Å². The Balaban J connectivity index is 0.00000256. The highest BCUT2D eigenvalue weighted by Crippen LogP contribution is 2.23. The molecule has 0 aliphatic carbocycles. The van der Waals surface area contributed by atoms with Gasteiger partial charge in [-0.3, -0.25) is 4.90 Å². The summed E-state index contributed by atoms with van der Waals surface area (Å²) < 4.78 is 5.18. The van der Waals surface area contributed by atoms with Crippen molar-refractivity contribution in [3.8, 4) is 5.75 Å². The lowest BCUT2D eigenvalue weighted by Gasteiger charge is -2.23.